The van der Waals surface area contributed by atoms with E-state index in [-0.39, 0.29) is 18.4 Å². The number of ketones is 1. The number of para-hydroxylation sites is 1. The van der Waals surface area contributed by atoms with Gasteiger partial charge in [0.05, 0.1) is 16.7 Å². The highest BCUT2D eigenvalue weighted by Gasteiger charge is 2.60. The predicted molar refractivity (Wildman–Crippen MR) is 98.1 cm³/mol. The first-order chi connectivity index (χ1) is 12.8. The van der Waals surface area contributed by atoms with Gasteiger partial charge in [0, 0.05) is 5.56 Å². The Morgan fingerprint density at radius 3 is 2.44 bits per heavy atom. The second-order valence-electron chi connectivity index (χ2n) is 8.69. The van der Waals surface area contributed by atoms with Gasteiger partial charge >= 0.3 is 5.97 Å². The third-order valence-electron chi connectivity index (χ3n) is 6.38. The molecule has 0 aliphatic heterocycles. The van der Waals surface area contributed by atoms with E-state index >= 15 is 0 Å². The number of hydrogen-bond acceptors (Lipinski definition) is 5. The zero-order valence-corrected chi connectivity index (χ0v) is 15.5. The second kappa shape index (κ2) is 6.44. The van der Waals surface area contributed by atoms with Crippen LogP contribution < -0.4 is 5.32 Å². The van der Waals surface area contributed by atoms with Crippen LogP contribution in [0.15, 0.2) is 24.3 Å². The Labute approximate surface area is 158 Å². The number of rotatable bonds is 5. The van der Waals surface area contributed by atoms with Crippen molar-refractivity contribution in [3.63, 3.8) is 0 Å². The number of carbonyl (C=O) groups excluding carboxylic acids is 3. The van der Waals surface area contributed by atoms with Crippen LogP contribution in [0.25, 0.3) is 0 Å². The molecule has 27 heavy (non-hydrogen) atoms. The Morgan fingerprint density at radius 1 is 1.15 bits per heavy atom. The average molecular weight is 371 g/mol. The van der Waals surface area contributed by atoms with Crippen LogP contribution in [0.4, 0.5) is 5.69 Å². The minimum Gasteiger partial charge on any atom is -0.455 e. The average Bonchev–Trinajstić information content (AvgIpc) is 2.57. The molecule has 144 valence electrons. The highest BCUT2D eigenvalue weighted by molar-refractivity contribution is 6.04. The lowest BCUT2D eigenvalue weighted by Gasteiger charge is -2.58. The summed E-state index contributed by atoms with van der Waals surface area (Å²) >= 11 is 0. The van der Waals surface area contributed by atoms with E-state index in [4.69, 9.17) is 4.74 Å². The number of hydrogen-bond donors (Lipinski definition) is 2. The molecule has 0 radical (unpaired) electrons. The van der Waals surface area contributed by atoms with Gasteiger partial charge < -0.3 is 15.2 Å². The Kier molecular flexibility index (Phi) is 4.34. The zero-order valence-electron chi connectivity index (χ0n) is 15.5. The van der Waals surface area contributed by atoms with Gasteiger partial charge in [0.25, 0.3) is 5.91 Å². The monoisotopic (exact) mass is 371 g/mol. The lowest BCUT2D eigenvalue weighted by Crippen LogP contribution is -2.58. The van der Waals surface area contributed by atoms with Crippen molar-refractivity contribution in [2.45, 2.75) is 51.0 Å². The number of ether oxygens (including phenoxy) is 1. The van der Waals surface area contributed by atoms with Gasteiger partial charge in [-0.3, -0.25) is 14.4 Å². The number of carbonyl (C=O) groups is 3. The van der Waals surface area contributed by atoms with Crippen molar-refractivity contribution in [3.05, 3.63) is 29.8 Å². The molecule has 0 saturated heterocycles. The number of amides is 1. The standard InChI is InChI=1S/C21H25NO5/c1-13(23)16-4-2-3-5-17(16)22-18(24)11-27-19(25)20-7-14-6-15(8-20)10-21(26,9-14)12-20/h2-5,14-15,26H,6-12H2,1H3,(H,22,24)/t14-,15+,20?,21?. The smallest absolute Gasteiger partial charge is 0.312 e. The van der Waals surface area contributed by atoms with Gasteiger partial charge in [0.1, 0.15) is 0 Å². The minimum atomic E-state index is -0.744. The maximum atomic E-state index is 12.8. The summed E-state index contributed by atoms with van der Waals surface area (Å²) in [6.07, 6.45) is 4.58. The van der Waals surface area contributed by atoms with Crippen LogP contribution in [0, 0.1) is 17.3 Å². The first kappa shape index (κ1) is 18.2. The molecular formula is C21H25NO5. The van der Waals surface area contributed by atoms with Crippen molar-refractivity contribution in [1.29, 1.82) is 0 Å². The predicted octanol–water partition coefficient (Wildman–Crippen LogP) is 2.70. The summed E-state index contributed by atoms with van der Waals surface area (Å²) in [4.78, 5) is 36.7. The van der Waals surface area contributed by atoms with Gasteiger partial charge in [0.15, 0.2) is 12.4 Å². The summed E-state index contributed by atoms with van der Waals surface area (Å²) in [5, 5.41) is 13.4. The van der Waals surface area contributed by atoms with Gasteiger partial charge in [-0.05, 0) is 69.4 Å². The largest absolute Gasteiger partial charge is 0.455 e. The van der Waals surface area contributed by atoms with Crippen LogP contribution in [0.3, 0.4) is 0 Å². The van der Waals surface area contributed by atoms with Gasteiger partial charge in [0.2, 0.25) is 0 Å². The molecule has 4 fully saturated rings. The fourth-order valence-corrected chi connectivity index (χ4v) is 5.82. The molecule has 1 aromatic carbocycles. The van der Waals surface area contributed by atoms with E-state index in [1.165, 1.54) is 6.92 Å². The van der Waals surface area contributed by atoms with E-state index in [0.717, 1.165) is 32.1 Å². The molecule has 1 amide bonds. The minimum absolute atomic E-state index is 0.148. The van der Waals surface area contributed by atoms with Crippen LogP contribution in [0.1, 0.15) is 55.8 Å². The van der Waals surface area contributed by atoms with Crippen LogP contribution in [-0.2, 0) is 14.3 Å². The second-order valence-corrected chi connectivity index (χ2v) is 8.69. The van der Waals surface area contributed by atoms with Gasteiger partial charge in [-0.1, -0.05) is 12.1 Å². The molecular weight excluding hydrogens is 346 g/mol. The molecule has 0 spiro atoms. The van der Waals surface area contributed by atoms with Crippen molar-refractivity contribution in [2.75, 3.05) is 11.9 Å². The van der Waals surface area contributed by atoms with E-state index < -0.39 is 16.9 Å². The molecule has 1 aromatic rings. The highest BCUT2D eigenvalue weighted by Crippen LogP contribution is 2.61. The highest BCUT2D eigenvalue weighted by atomic mass is 16.5. The van der Waals surface area contributed by atoms with Crippen LogP contribution in [-0.4, -0.2) is 35.0 Å². The number of esters is 1. The van der Waals surface area contributed by atoms with Gasteiger partial charge in [-0.25, -0.2) is 0 Å². The molecule has 4 aliphatic rings. The molecule has 5 rings (SSSR count). The lowest BCUT2D eigenvalue weighted by molar-refractivity contribution is -0.196. The van der Waals surface area contributed by atoms with Crippen LogP contribution in [0.5, 0.6) is 0 Å². The van der Waals surface area contributed by atoms with Crippen molar-refractivity contribution in [1.82, 2.24) is 0 Å². The van der Waals surface area contributed by atoms with Crippen LogP contribution in [0.2, 0.25) is 0 Å². The Morgan fingerprint density at radius 2 is 1.81 bits per heavy atom. The number of nitrogens with one attached hydrogen (secondary N) is 1. The summed E-state index contributed by atoms with van der Waals surface area (Å²) in [7, 11) is 0. The Bertz CT molecular complexity index is 788. The molecule has 2 N–H and O–H groups in total. The molecule has 2 unspecified atom stereocenters. The Balaban J connectivity index is 1.39. The molecule has 4 aliphatic carbocycles. The van der Waals surface area contributed by atoms with Gasteiger partial charge in [-0.15, -0.1) is 0 Å². The first-order valence-electron chi connectivity index (χ1n) is 9.58. The fraction of sp³-hybridized carbons (Fsp3) is 0.571. The summed E-state index contributed by atoms with van der Waals surface area (Å²) in [6, 6.07) is 6.74. The number of benzene rings is 1. The molecule has 0 heterocycles. The third kappa shape index (κ3) is 3.38. The van der Waals surface area contributed by atoms with Crippen molar-refractivity contribution >= 4 is 23.3 Å². The maximum absolute atomic E-state index is 12.8. The Hall–Kier alpha value is -2.21. The third-order valence-corrected chi connectivity index (χ3v) is 6.38. The van der Waals surface area contributed by atoms with E-state index in [1.807, 2.05) is 0 Å². The van der Waals surface area contributed by atoms with Crippen molar-refractivity contribution in [3.8, 4) is 0 Å². The molecule has 6 nitrogen and oxygen atoms in total. The quantitative estimate of drug-likeness (QED) is 0.613. The number of aliphatic hydroxyl groups is 1. The van der Waals surface area contributed by atoms with E-state index in [9.17, 15) is 19.5 Å². The summed E-state index contributed by atoms with van der Waals surface area (Å²) in [6.45, 7) is 1.05. The maximum Gasteiger partial charge on any atom is 0.312 e. The van der Waals surface area contributed by atoms with Crippen molar-refractivity contribution < 1.29 is 24.2 Å². The summed E-state index contributed by atoms with van der Waals surface area (Å²) in [5.41, 5.74) is -0.557. The SMILES string of the molecule is CC(=O)c1ccccc1NC(=O)COC(=O)C12C[C@@H]3C[C@@H](CC(O)(C3)C1)C2. The molecule has 4 bridgehead atoms. The number of anilines is 1. The summed E-state index contributed by atoms with van der Waals surface area (Å²) in [5.74, 6) is -0.240. The number of Topliss-reactive ketones (excluding diaryl/α,β-unsaturated/α-hetero) is 1. The topological polar surface area (TPSA) is 92.7 Å². The first-order valence-corrected chi connectivity index (χ1v) is 9.58. The normalized spacial score (nSPS) is 33.6. The van der Waals surface area contributed by atoms with Crippen LogP contribution >= 0.6 is 0 Å². The van der Waals surface area contributed by atoms with Crippen molar-refractivity contribution in [2.24, 2.45) is 17.3 Å². The van der Waals surface area contributed by atoms with Gasteiger partial charge in [-0.2, -0.15) is 0 Å². The molecule has 6 heteroatoms. The summed E-state index contributed by atoms with van der Waals surface area (Å²) < 4.78 is 5.36. The van der Waals surface area contributed by atoms with E-state index in [1.54, 1.807) is 24.3 Å². The fourth-order valence-electron chi connectivity index (χ4n) is 5.82. The molecule has 4 atom stereocenters. The van der Waals surface area contributed by atoms with E-state index in [0.29, 0.717) is 29.5 Å². The van der Waals surface area contributed by atoms with E-state index in [2.05, 4.69) is 5.32 Å². The molecule has 0 aromatic heterocycles. The molecule has 4 saturated carbocycles. The lowest BCUT2D eigenvalue weighted by atomic mass is 9.48. The zero-order chi connectivity index (χ0) is 19.2.